The van der Waals surface area contributed by atoms with Gasteiger partial charge in [0.25, 0.3) is 10.0 Å². The normalized spacial score (nSPS) is 11.1. The number of hydrogen-bond acceptors (Lipinski definition) is 4. The second kappa shape index (κ2) is 6.86. The molecule has 0 atom stereocenters. The molecule has 0 saturated carbocycles. The molecule has 2 aromatic carbocycles. The lowest BCUT2D eigenvalue weighted by molar-refractivity contribution is 0.599. The van der Waals surface area contributed by atoms with Gasteiger partial charge in [-0.15, -0.1) is 0 Å². The van der Waals surface area contributed by atoms with Crippen LogP contribution in [-0.2, 0) is 10.0 Å². The fourth-order valence-corrected chi connectivity index (χ4v) is 3.11. The van der Waals surface area contributed by atoms with Crippen molar-refractivity contribution in [2.24, 2.45) is 0 Å². The molecule has 2 N–H and O–H groups in total. The average molecular weight is 361 g/mol. The third-order valence-electron chi connectivity index (χ3n) is 3.24. The van der Waals surface area contributed by atoms with Crippen molar-refractivity contribution in [1.29, 1.82) is 0 Å². The van der Waals surface area contributed by atoms with Crippen LogP contribution >= 0.6 is 0 Å². The predicted molar refractivity (Wildman–Crippen MR) is 91.1 cm³/mol. The molecule has 8 heteroatoms. The maximum atomic E-state index is 13.1. The first kappa shape index (κ1) is 16.8. The molecule has 0 radical (unpaired) electrons. The van der Waals surface area contributed by atoms with Crippen LogP contribution in [0.5, 0.6) is 0 Å². The minimum absolute atomic E-state index is 0.0594. The zero-order valence-corrected chi connectivity index (χ0v) is 13.6. The Balaban J connectivity index is 1.73. The molecule has 3 rings (SSSR count). The summed E-state index contributed by atoms with van der Waals surface area (Å²) < 4.78 is 52.8. The third kappa shape index (κ3) is 4.30. The number of hydrogen-bond donors (Lipinski definition) is 2. The van der Waals surface area contributed by atoms with E-state index in [9.17, 15) is 17.2 Å². The fourth-order valence-electron chi connectivity index (χ4n) is 2.07. The molecule has 128 valence electrons. The minimum atomic E-state index is -3.83. The lowest BCUT2D eigenvalue weighted by Crippen LogP contribution is -2.13. The van der Waals surface area contributed by atoms with E-state index in [1.807, 2.05) is 0 Å². The molecule has 1 heterocycles. The van der Waals surface area contributed by atoms with Crippen molar-refractivity contribution in [2.75, 3.05) is 10.0 Å². The van der Waals surface area contributed by atoms with Gasteiger partial charge < -0.3 is 5.32 Å². The molecule has 0 unspecified atom stereocenters. The van der Waals surface area contributed by atoms with Crippen LogP contribution in [0.4, 0.5) is 26.0 Å². The summed E-state index contributed by atoms with van der Waals surface area (Å²) in [6, 6.07) is 13.4. The predicted octanol–water partition coefficient (Wildman–Crippen LogP) is 3.90. The van der Waals surface area contributed by atoms with Crippen molar-refractivity contribution < 1.29 is 17.2 Å². The molecule has 0 aliphatic heterocycles. The van der Waals surface area contributed by atoms with Gasteiger partial charge in [-0.05, 0) is 54.6 Å². The van der Waals surface area contributed by atoms with Crippen LogP contribution in [0, 0.1) is 11.6 Å². The summed E-state index contributed by atoms with van der Waals surface area (Å²) in [5.74, 6) is -0.475. The number of rotatable bonds is 5. The summed E-state index contributed by atoms with van der Waals surface area (Å²) in [7, 11) is -3.83. The van der Waals surface area contributed by atoms with Crippen LogP contribution in [0.3, 0.4) is 0 Å². The number of halogens is 2. The van der Waals surface area contributed by atoms with E-state index >= 15 is 0 Å². The first-order valence-electron chi connectivity index (χ1n) is 7.19. The molecule has 1 aromatic heterocycles. The number of nitrogens with zero attached hydrogens (tertiary/aromatic N) is 1. The maximum absolute atomic E-state index is 13.1. The standard InChI is InChI=1S/C17H13F2N3O2S/c18-12-4-7-16(8-5-12)25(23,24)22-15-6-9-17(20-11-15)21-14-3-1-2-13(19)10-14/h1-11,22H,(H,20,21). The van der Waals surface area contributed by atoms with E-state index in [1.54, 1.807) is 18.2 Å². The van der Waals surface area contributed by atoms with Gasteiger partial charge in [-0.2, -0.15) is 0 Å². The van der Waals surface area contributed by atoms with Gasteiger partial charge in [0.1, 0.15) is 17.5 Å². The van der Waals surface area contributed by atoms with Gasteiger partial charge in [0.05, 0.1) is 16.8 Å². The van der Waals surface area contributed by atoms with Crippen LogP contribution in [0.15, 0.2) is 71.8 Å². The second-order valence-corrected chi connectivity index (χ2v) is 6.81. The number of aromatic nitrogens is 1. The van der Waals surface area contributed by atoms with E-state index < -0.39 is 15.8 Å². The molecule has 0 aliphatic rings. The van der Waals surface area contributed by atoms with E-state index in [0.29, 0.717) is 11.5 Å². The third-order valence-corrected chi connectivity index (χ3v) is 4.63. The van der Waals surface area contributed by atoms with Crippen molar-refractivity contribution in [3.63, 3.8) is 0 Å². The van der Waals surface area contributed by atoms with Crippen LogP contribution < -0.4 is 10.0 Å². The van der Waals surface area contributed by atoms with Crippen molar-refractivity contribution in [1.82, 2.24) is 4.98 Å². The minimum Gasteiger partial charge on any atom is -0.340 e. The molecular formula is C17H13F2N3O2S. The summed E-state index contributed by atoms with van der Waals surface area (Å²) in [4.78, 5) is 4.02. The van der Waals surface area contributed by atoms with Crippen LogP contribution in [0.25, 0.3) is 0 Å². The molecule has 0 amide bonds. The maximum Gasteiger partial charge on any atom is 0.261 e. The molecule has 0 bridgehead atoms. The Hall–Kier alpha value is -3.00. The second-order valence-electron chi connectivity index (χ2n) is 5.13. The Labute approximate surface area is 143 Å². The van der Waals surface area contributed by atoms with E-state index in [2.05, 4.69) is 15.0 Å². The Morgan fingerprint density at radius 2 is 1.60 bits per heavy atom. The fraction of sp³-hybridized carbons (Fsp3) is 0. The van der Waals surface area contributed by atoms with Gasteiger partial charge >= 0.3 is 0 Å². The zero-order valence-electron chi connectivity index (χ0n) is 12.8. The zero-order chi connectivity index (χ0) is 17.9. The van der Waals surface area contributed by atoms with Crippen molar-refractivity contribution in [2.45, 2.75) is 4.90 Å². The highest BCUT2D eigenvalue weighted by Crippen LogP contribution is 2.19. The van der Waals surface area contributed by atoms with Crippen molar-refractivity contribution >= 4 is 27.2 Å². The quantitative estimate of drug-likeness (QED) is 0.723. The van der Waals surface area contributed by atoms with Gasteiger partial charge in [-0.25, -0.2) is 22.2 Å². The Kier molecular flexibility index (Phi) is 4.62. The summed E-state index contributed by atoms with van der Waals surface area (Å²) in [5, 5.41) is 2.90. The summed E-state index contributed by atoms with van der Waals surface area (Å²) >= 11 is 0. The van der Waals surface area contributed by atoms with E-state index in [0.717, 1.165) is 12.1 Å². The van der Waals surface area contributed by atoms with Crippen molar-refractivity contribution in [3.05, 3.63) is 78.5 Å². The van der Waals surface area contributed by atoms with E-state index in [1.165, 1.54) is 36.5 Å². The number of sulfonamides is 1. The molecule has 0 saturated heterocycles. The number of benzene rings is 2. The molecule has 0 aliphatic carbocycles. The molecule has 0 spiro atoms. The molecular weight excluding hydrogens is 348 g/mol. The van der Waals surface area contributed by atoms with Gasteiger partial charge in [0.2, 0.25) is 0 Å². The van der Waals surface area contributed by atoms with Gasteiger partial charge in [0, 0.05) is 5.69 Å². The number of anilines is 3. The van der Waals surface area contributed by atoms with Crippen LogP contribution in [0.2, 0.25) is 0 Å². The molecule has 5 nitrogen and oxygen atoms in total. The first-order valence-corrected chi connectivity index (χ1v) is 8.68. The highest BCUT2D eigenvalue weighted by atomic mass is 32.2. The average Bonchev–Trinajstić information content (AvgIpc) is 2.57. The highest BCUT2D eigenvalue weighted by molar-refractivity contribution is 7.92. The van der Waals surface area contributed by atoms with Gasteiger partial charge in [-0.1, -0.05) is 6.07 Å². The Morgan fingerprint density at radius 3 is 2.24 bits per heavy atom. The first-order chi connectivity index (χ1) is 11.9. The Morgan fingerprint density at radius 1 is 0.840 bits per heavy atom. The van der Waals surface area contributed by atoms with E-state index in [4.69, 9.17) is 0 Å². The lowest BCUT2D eigenvalue weighted by Gasteiger charge is -2.09. The van der Waals surface area contributed by atoms with Crippen LogP contribution in [0.1, 0.15) is 0 Å². The van der Waals surface area contributed by atoms with Gasteiger partial charge in [-0.3, -0.25) is 4.72 Å². The summed E-state index contributed by atoms with van der Waals surface area (Å²) in [6.45, 7) is 0. The summed E-state index contributed by atoms with van der Waals surface area (Å²) in [5.41, 5.74) is 0.765. The Bertz CT molecular complexity index is 976. The van der Waals surface area contributed by atoms with Crippen molar-refractivity contribution in [3.8, 4) is 0 Å². The van der Waals surface area contributed by atoms with E-state index in [-0.39, 0.29) is 16.4 Å². The number of pyridine rings is 1. The van der Waals surface area contributed by atoms with Crippen LogP contribution in [-0.4, -0.2) is 13.4 Å². The molecule has 25 heavy (non-hydrogen) atoms. The number of nitrogens with one attached hydrogen (secondary N) is 2. The smallest absolute Gasteiger partial charge is 0.261 e. The summed E-state index contributed by atoms with van der Waals surface area (Å²) in [6.07, 6.45) is 1.32. The SMILES string of the molecule is O=S(=O)(Nc1ccc(Nc2cccc(F)c2)nc1)c1ccc(F)cc1. The largest absolute Gasteiger partial charge is 0.340 e. The molecule has 3 aromatic rings. The molecule has 0 fully saturated rings. The topological polar surface area (TPSA) is 71.1 Å². The van der Waals surface area contributed by atoms with Gasteiger partial charge in [0.15, 0.2) is 0 Å². The monoisotopic (exact) mass is 361 g/mol. The highest BCUT2D eigenvalue weighted by Gasteiger charge is 2.14. The lowest BCUT2D eigenvalue weighted by atomic mass is 10.3.